The van der Waals surface area contributed by atoms with Gasteiger partial charge in [0.15, 0.2) is 0 Å². The van der Waals surface area contributed by atoms with Crippen LogP contribution in [-0.4, -0.2) is 32.6 Å². The lowest BCUT2D eigenvalue weighted by molar-refractivity contribution is 0.102. The van der Waals surface area contributed by atoms with Gasteiger partial charge in [-0.2, -0.15) is 10.2 Å². The molecule has 4 aromatic rings. The van der Waals surface area contributed by atoms with Gasteiger partial charge in [0, 0.05) is 36.1 Å². The molecule has 1 amide bonds. The summed E-state index contributed by atoms with van der Waals surface area (Å²) in [5.74, 6) is 0.491. The summed E-state index contributed by atoms with van der Waals surface area (Å²) >= 11 is 0. The van der Waals surface area contributed by atoms with Crippen LogP contribution in [0.25, 0.3) is 16.9 Å². The molecule has 0 aliphatic rings. The van der Waals surface area contributed by atoms with Gasteiger partial charge < -0.3 is 10.1 Å². The van der Waals surface area contributed by atoms with Crippen molar-refractivity contribution in [3.8, 4) is 22.7 Å². The molecule has 0 spiro atoms. The Morgan fingerprint density at radius 1 is 1.17 bits per heavy atom. The summed E-state index contributed by atoms with van der Waals surface area (Å²) in [7, 11) is 3.37. The number of nitrogens with one attached hydrogen (secondary N) is 1. The number of halogens is 1. The van der Waals surface area contributed by atoms with Crippen LogP contribution < -0.4 is 10.1 Å². The number of aromatic nitrogens is 4. The first-order chi connectivity index (χ1) is 14.5. The molecule has 0 atom stereocenters. The summed E-state index contributed by atoms with van der Waals surface area (Å²) in [5, 5.41) is 11.5. The number of amides is 1. The molecule has 0 unspecified atom stereocenters. The van der Waals surface area contributed by atoms with Crippen LogP contribution in [-0.2, 0) is 7.05 Å². The molecule has 0 radical (unpaired) electrons. The second-order valence-electron chi connectivity index (χ2n) is 6.75. The maximum atomic E-state index is 14.2. The quantitative estimate of drug-likeness (QED) is 0.545. The van der Waals surface area contributed by atoms with Crippen molar-refractivity contribution in [1.29, 1.82) is 0 Å². The van der Waals surface area contributed by atoms with Crippen molar-refractivity contribution in [3.63, 3.8) is 0 Å². The van der Waals surface area contributed by atoms with E-state index in [9.17, 15) is 9.18 Å². The summed E-state index contributed by atoms with van der Waals surface area (Å²) in [6.07, 6.45) is 3.17. The minimum Gasteiger partial charge on any atom is -0.497 e. The molecular weight excluding hydrogens is 385 g/mol. The number of benzene rings is 2. The number of methoxy groups -OCH3 is 1. The van der Waals surface area contributed by atoms with Crippen molar-refractivity contribution in [2.75, 3.05) is 12.4 Å². The van der Waals surface area contributed by atoms with E-state index < -0.39 is 5.82 Å². The first-order valence-electron chi connectivity index (χ1n) is 9.27. The Morgan fingerprint density at radius 2 is 1.93 bits per heavy atom. The Labute approximate surface area is 172 Å². The third kappa shape index (κ3) is 3.55. The van der Waals surface area contributed by atoms with Gasteiger partial charge in [-0.1, -0.05) is 0 Å². The van der Waals surface area contributed by atoms with Crippen LogP contribution in [0, 0.1) is 12.7 Å². The largest absolute Gasteiger partial charge is 0.497 e. The number of anilines is 1. The summed E-state index contributed by atoms with van der Waals surface area (Å²) in [4.78, 5) is 12.9. The Hall–Kier alpha value is -3.94. The highest BCUT2D eigenvalue weighted by molar-refractivity contribution is 6.04. The highest BCUT2D eigenvalue weighted by Crippen LogP contribution is 2.29. The van der Waals surface area contributed by atoms with Crippen molar-refractivity contribution >= 4 is 11.7 Å². The van der Waals surface area contributed by atoms with Crippen LogP contribution in [0.5, 0.6) is 5.75 Å². The van der Waals surface area contributed by atoms with Crippen LogP contribution in [0.1, 0.15) is 15.9 Å². The molecule has 0 aliphatic heterocycles. The number of ether oxygens (including phenoxy) is 1. The fraction of sp³-hybridized carbons (Fsp3) is 0.136. The summed E-state index contributed by atoms with van der Waals surface area (Å²) in [5.41, 5.74) is 3.01. The fourth-order valence-electron chi connectivity index (χ4n) is 3.25. The van der Waals surface area contributed by atoms with Gasteiger partial charge in [-0.15, -0.1) is 0 Å². The van der Waals surface area contributed by atoms with Crippen LogP contribution in [0.2, 0.25) is 0 Å². The number of aryl methyl sites for hydroxylation is 1. The highest BCUT2D eigenvalue weighted by atomic mass is 19.1. The van der Waals surface area contributed by atoms with Crippen molar-refractivity contribution in [2.24, 2.45) is 7.05 Å². The van der Waals surface area contributed by atoms with Crippen LogP contribution in [0.15, 0.2) is 60.9 Å². The van der Waals surface area contributed by atoms with Gasteiger partial charge in [0.25, 0.3) is 5.91 Å². The Kier molecular flexibility index (Phi) is 5.05. The minimum atomic E-state index is -0.464. The molecule has 30 heavy (non-hydrogen) atoms. The van der Waals surface area contributed by atoms with Gasteiger partial charge in [-0.3, -0.25) is 9.48 Å². The van der Waals surface area contributed by atoms with Gasteiger partial charge >= 0.3 is 0 Å². The van der Waals surface area contributed by atoms with E-state index in [2.05, 4.69) is 15.5 Å². The Bertz CT molecular complexity index is 1200. The molecule has 2 heterocycles. The zero-order chi connectivity index (χ0) is 21.3. The average molecular weight is 405 g/mol. The smallest absolute Gasteiger partial charge is 0.256 e. The lowest BCUT2D eigenvalue weighted by Gasteiger charge is -2.09. The van der Waals surface area contributed by atoms with E-state index in [4.69, 9.17) is 4.74 Å². The van der Waals surface area contributed by atoms with E-state index in [1.165, 1.54) is 22.9 Å². The molecule has 0 aliphatic carbocycles. The third-order valence-electron chi connectivity index (χ3n) is 4.84. The van der Waals surface area contributed by atoms with Crippen LogP contribution >= 0.6 is 0 Å². The number of carbonyl (C=O) groups excluding carboxylic acids is 1. The van der Waals surface area contributed by atoms with E-state index in [-0.39, 0.29) is 11.6 Å². The number of rotatable bonds is 5. The maximum Gasteiger partial charge on any atom is 0.256 e. The molecule has 0 bridgehead atoms. The predicted octanol–water partition coefficient (Wildman–Crippen LogP) is 3.98. The number of carbonyl (C=O) groups is 1. The number of hydrogen-bond donors (Lipinski definition) is 1. The van der Waals surface area contributed by atoms with E-state index in [0.717, 1.165) is 22.6 Å². The van der Waals surface area contributed by atoms with Gasteiger partial charge in [0.05, 0.1) is 12.8 Å². The molecule has 152 valence electrons. The normalized spacial score (nSPS) is 10.8. The second-order valence-corrected chi connectivity index (χ2v) is 6.75. The zero-order valence-corrected chi connectivity index (χ0v) is 16.8. The van der Waals surface area contributed by atoms with Crippen LogP contribution in [0.4, 0.5) is 10.2 Å². The van der Waals surface area contributed by atoms with Crippen molar-refractivity contribution in [1.82, 2.24) is 19.6 Å². The molecule has 2 aromatic carbocycles. The predicted molar refractivity (Wildman–Crippen MR) is 111 cm³/mol. The van der Waals surface area contributed by atoms with E-state index in [1.54, 1.807) is 37.3 Å². The molecule has 7 nitrogen and oxygen atoms in total. The average Bonchev–Trinajstić information content (AvgIpc) is 3.38. The topological polar surface area (TPSA) is 74.0 Å². The van der Waals surface area contributed by atoms with Gasteiger partial charge in [-0.25, -0.2) is 9.07 Å². The van der Waals surface area contributed by atoms with Gasteiger partial charge in [-0.05, 0) is 55.5 Å². The minimum absolute atomic E-state index is 0.202. The molecular formula is C22H20FN5O2. The van der Waals surface area contributed by atoms with Crippen molar-refractivity contribution < 1.29 is 13.9 Å². The SMILES string of the molecule is COc1ccc(-c2nn(C)c(NC(=O)c3ccc(F)c(-n4cccn4)c3)c2C)cc1. The number of hydrogen-bond acceptors (Lipinski definition) is 4. The second kappa shape index (κ2) is 7.82. The lowest BCUT2D eigenvalue weighted by atomic mass is 10.1. The molecule has 0 saturated heterocycles. The standard InChI is InChI=1S/C22H20FN5O2/c1-14-20(15-5-8-17(30-3)9-6-15)26-27(2)21(14)25-22(29)16-7-10-18(23)19(13-16)28-12-4-11-24-28/h4-13H,1-3H3,(H,25,29). The number of nitrogens with zero attached hydrogens (tertiary/aromatic N) is 4. The third-order valence-corrected chi connectivity index (χ3v) is 4.84. The monoisotopic (exact) mass is 405 g/mol. The molecule has 2 aromatic heterocycles. The fourth-order valence-corrected chi connectivity index (χ4v) is 3.25. The Morgan fingerprint density at radius 3 is 2.60 bits per heavy atom. The van der Waals surface area contributed by atoms with E-state index in [1.807, 2.05) is 31.2 Å². The zero-order valence-electron chi connectivity index (χ0n) is 16.8. The maximum absolute atomic E-state index is 14.2. The lowest BCUT2D eigenvalue weighted by Crippen LogP contribution is -2.16. The summed E-state index contributed by atoms with van der Waals surface area (Å²) < 4.78 is 22.4. The molecule has 1 N–H and O–H groups in total. The van der Waals surface area contributed by atoms with Crippen molar-refractivity contribution in [3.05, 3.63) is 77.9 Å². The summed E-state index contributed by atoms with van der Waals surface area (Å²) in [6, 6.07) is 13.4. The molecule has 4 rings (SSSR count). The molecule has 8 heteroatoms. The highest BCUT2D eigenvalue weighted by Gasteiger charge is 2.18. The van der Waals surface area contributed by atoms with Gasteiger partial charge in [0.1, 0.15) is 23.1 Å². The first kappa shape index (κ1) is 19.4. The van der Waals surface area contributed by atoms with E-state index >= 15 is 0 Å². The first-order valence-corrected chi connectivity index (χ1v) is 9.27. The van der Waals surface area contributed by atoms with E-state index in [0.29, 0.717) is 11.4 Å². The Balaban J connectivity index is 1.62. The summed E-state index contributed by atoms with van der Waals surface area (Å²) in [6.45, 7) is 1.89. The van der Waals surface area contributed by atoms with Gasteiger partial charge in [0.2, 0.25) is 0 Å². The molecule has 0 fully saturated rings. The van der Waals surface area contributed by atoms with Crippen molar-refractivity contribution in [2.45, 2.75) is 6.92 Å². The molecule has 0 saturated carbocycles. The van der Waals surface area contributed by atoms with Crippen LogP contribution in [0.3, 0.4) is 0 Å².